The van der Waals surface area contributed by atoms with Crippen molar-refractivity contribution in [1.29, 1.82) is 0 Å². The number of piperidine rings is 2. The number of piperazine rings is 1. The minimum absolute atomic E-state index is 0.136. The van der Waals surface area contributed by atoms with E-state index in [2.05, 4.69) is 43.5 Å². The summed E-state index contributed by atoms with van der Waals surface area (Å²) in [7, 11) is 0. The van der Waals surface area contributed by atoms with Gasteiger partial charge in [0.2, 0.25) is 11.8 Å². The van der Waals surface area contributed by atoms with Gasteiger partial charge in [-0.3, -0.25) is 24.7 Å². The summed E-state index contributed by atoms with van der Waals surface area (Å²) in [5.74, 6) is -0.280. The molecular weight excluding hydrogens is 366 g/mol. The smallest absolute Gasteiger partial charge is 0.243 e. The van der Waals surface area contributed by atoms with Crippen molar-refractivity contribution in [1.82, 2.24) is 20.4 Å². The molecule has 7 heteroatoms. The Morgan fingerprint density at radius 2 is 1.62 bits per heavy atom. The molecule has 2 amide bonds. The van der Waals surface area contributed by atoms with Gasteiger partial charge in [0.1, 0.15) is 0 Å². The lowest BCUT2D eigenvalue weighted by Gasteiger charge is -2.41. The third-order valence-corrected chi connectivity index (χ3v) is 7.09. The van der Waals surface area contributed by atoms with Gasteiger partial charge >= 0.3 is 0 Å². The van der Waals surface area contributed by atoms with Crippen LogP contribution in [-0.2, 0) is 22.7 Å². The number of imide groups is 1. The van der Waals surface area contributed by atoms with E-state index in [1.807, 2.05) is 0 Å². The van der Waals surface area contributed by atoms with Crippen LogP contribution in [-0.4, -0.2) is 73.0 Å². The normalized spacial score (nSPS) is 27.2. The molecule has 1 atom stereocenters. The fourth-order valence-electron chi connectivity index (χ4n) is 5.37. The summed E-state index contributed by atoms with van der Waals surface area (Å²) in [6.07, 6.45) is 3.62. The van der Waals surface area contributed by atoms with Crippen LogP contribution in [0.25, 0.3) is 0 Å². The highest BCUT2D eigenvalue weighted by Gasteiger charge is 2.35. The minimum Gasteiger partial charge on any atom is -0.369 e. The fourth-order valence-corrected chi connectivity index (χ4v) is 5.37. The van der Waals surface area contributed by atoms with E-state index < -0.39 is 0 Å². The van der Waals surface area contributed by atoms with E-state index in [0.29, 0.717) is 12.8 Å². The average Bonchev–Trinajstić information content (AvgIpc) is 3.17. The quantitative estimate of drug-likeness (QED) is 0.732. The first kappa shape index (κ1) is 19.0. The van der Waals surface area contributed by atoms with Crippen molar-refractivity contribution >= 4 is 17.5 Å². The van der Waals surface area contributed by atoms with Gasteiger partial charge in [0, 0.05) is 57.4 Å². The summed E-state index contributed by atoms with van der Waals surface area (Å²) in [5, 5.41) is 5.95. The third-order valence-electron chi connectivity index (χ3n) is 7.09. The molecule has 4 aliphatic rings. The van der Waals surface area contributed by atoms with E-state index in [-0.39, 0.29) is 17.9 Å². The first-order valence-electron chi connectivity index (χ1n) is 11.1. The molecule has 2 N–H and O–H groups in total. The monoisotopic (exact) mass is 397 g/mol. The highest BCUT2D eigenvalue weighted by atomic mass is 16.2. The van der Waals surface area contributed by atoms with Gasteiger partial charge in [-0.05, 0) is 55.6 Å². The van der Waals surface area contributed by atoms with Gasteiger partial charge < -0.3 is 10.2 Å². The number of anilines is 1. The lowest BCUT2D eigenvalue weighted by atomic mass is 10.0. The van der Waals surface area contributed by atoms with Gasteiger partial charge in [0.25, 0.3) is 0 Å². The van der Waals surface area contributed by atoms with Crippen molar-refractivity contribution in [3.05, 3.63) is 29.3 Å². The number of hydrogen-bond acceptors (Lipinski definition) is 6. The predicted molar refractivity (Wildman–Crippen MR) is 112 cm³/mol. The molecule has 0 radical (unpaired) electrons. The first-order valence-corrected chi connectivity index (χ1v) is 11.1. The highest BCUT2D eigenvalue weighted by molar-refractivity contribution is 6.00. The second-order valence-corrected chi connectivity index (χ2v) is 8.83. The molecule has 0 saturated carbocycles. The Hall–Kier alpha value is -1.96. The van der Waals surface area contributed by atoms with Crippen LogP contribution in [0.3, 0.4) is 0 Å². The Bertz CT molecular complexity index is 783. The number of carbonyl (C=O) groups is 2. The highest BCUT2D eigenvalue weighted by Crippen LogP contribution is 2.31. The van der Waals surface area contributed by atoms with Crippen molar-refractivity contribution in [3.63, 3.8) is 0 Å². The van der Waals surface area contributed by atoms with E-state index in [1.165, 1.54) is 29.7 Å². The number of carbonyl (C=O) groups excluding carboxylic acids is 2. The van der Waals surface area contributed by atoms with Crippen molar-refractivity contribution in [2.45, 2.75) is 50.9 Å². The van der Waals surface area contributed by atoms with Crippen LogP contribution in [0.5, 0.6) is 0 Å². The maximum atomic E-state index is 12.2. The van der Waals surface area contributed by atoms with Crippen LogP contribution in [0.4, 0.5) is 5.69 Å². The number of nitrogens with zero attached hydrogens (tertiary/aromatic N) is 3. The molecule has 7 nitrogen and oxygen atoms in total. The predicted octanol–water partition coefficient (Wildman–Crippen LogP) is 0.681. The lowest BCUT2D eigenvalue weighted by molar-refractivity contribution is -0.137. The molecule has 0 aromatic heterocycles. The molecule has 5 rings (SSSR count). The Morgan fingerprint density at radius 3 is 2.38 bits per heavy atom. The largest absolute Gasteiger partial charge is 0.369 e. The van der Waals surface area contributed by atoms with Crippen LogP contribution < -0.4 is 15.5 Å². The zero-order valence-corrected chi connectivity index (χ0v) is 17.0. The summed E-state index contributed by atoms with van der Waals surface area (Å²) in [6, 6.07) is 7.36. The second kappa shape index (κ2) is 8.05. The van der Waals surface area contributed by atoms with Crippen molar-refractivity contribution in [2.75, 3.05) is 44.2 Å². The van der Waals surface area contributed by atoms with Crippen molar-refractivity contribution in [3.8, 4) is 0 Å². The van der Waals surface area contributed by atoms with Crippen molar-refractivity contribution < 1.29 is 9.59 Å². The Balaban J connectivity index is 1.20. The molecule has 1 unspecified atom stereocenters. The molecule has 1 aromatic carbocycles. The Labute approximate surface area is 172 Å². The zero-order chi connectivity index (χ0) is 19.8. The van der Waals surface area contributed by atoms with Crippen LogP contribution in [0.1, 0.15) is 36.8 Å². The summed E-state index contributed by atoms with van der Waals surface area (Å²) in [6.45, 7) is 8.35. The number of nitrogens with one attached hydrogen (secondary N) is 2. The van der Waals surface area contributed by atoms with E-state index in [9.17, 15) is 9.59 Å². The number of amides is 2. The Kier molecular flexibility index (Phi) is 5.28. The topological polar surface area (TPSA) is 67.9 Å². The number of fused-ring (bicyclic) bond motifs is 1. The molecule has 4 aliphatic heterocycles. The number of hydrogen-bond donors (Lipinski definition) is 2. The summed E-state index contributed by atoms with van der Waals surface area (Å²) in [5.41, 5.74) is 3.94. The summed E-state index contributed by atoms with van der Waals surface area (Å²) >= 11 is 0. The molecule has 156 valence electrons. The second-order valence-electron chi connectivity index (χ2n) is 8.83. The van der Waals surface area contributed by atoms with Crippen molar-refractivity contribution in [2.24, 2.45) is 0 Å². The average molecular weight is 398 g/mol. The standard InChI is InChI=1S/C22H31N5O2/c28-21-4-3-20(22(29)24-21)27-14-16-1-2-19(13-17(16)15-27)26-11-9-25(10-12-26)18-5-7-23-8-6-18/h1-2,13,18,20,23H,3-12,14-15H2,(H,24,28,29). The molecule has 0 bridgehead atoms. The van der Waals surface area contributed by atoms with Gasteiger partial charge in [-0.15, -0.1) is 0 Å². The van der Waals surface area contributed by atoms with Gasteiger partial charge in [0.15, 0.2) is 0 Å². The zero-order valence-electron chi connectivity index (χ0n) is 17.0. The van der Waals surface area contributed by atoms with E-state index in [1.54, 1.807) is 0 Å². The van der Waals surface area contributed by atoms with Crippen LogP contribution in [0, 0.1) is 0 Å². The molecule has 29 heavy (non-hydrogen) atoms. The first-order chi connectivity index (χ1) is 14.2. The summed E-state index contributed by atoms with van der Waals surface area (Å²) in [4.78, 5) is 31.1. The maximum absolute atomic E-state index is 12.2. The third kappa shape index (κ3) is 3.91. The number of rotatable bonds is 3. The van der Waals surface area contributed by atoms with Crippen LogP contribution in [0.15, 0.2) is 18.2 Å². The summed E-state index contributed by atoms with van der Waals surface area (Å²) < 4.78 is 0. The van der Waals surface area contributed by atoms with Gasteiger partial charge in [0.05, 0.1) is 6.04 Å². The van der Waals surface area contributed by atoms with E-state index in [4.69, 9.17) is 0 Å². The fraction of sp³-hybridized carbons (Fsp3) is 0.636. The molecule has 3 fully saturated rings. The maximum Gasteiger partial charge on any atom is 0.243 e. The number of benzene rings is 1. The molecule has 0 spiro atoms. The van der Waals surface area contributed by atoms with Crippen LogP contribution in [0.2, 0.25) is 0 Å². The SMILES string of the molecule is O=C1CCC(N2Cc3ccc(N4CCN(C5CCNCC5)CC4)cc3C2)C(=O)N1. The van der Waals surface area contributed by atoms with E-state index in [0.717, 1.165) is 58.4 Å². The molecular formula is C22H31N5O2. The van der Waals surface area contributed by atoms with E-state index >= 15 is 0 Å². The van der Waals surface area contributed by atoms with Gasteiger partial charge in [-0.2, -0.15) is 0 Å². The minimum atomic E-state index is -0.183. The molecule has 1 aromatic rings. The Morgan fingerprint density at radius 1 is 0.862 bits per heavy atom. The lowest BCUT2D eigenvalue weighted by Crippen LogP contribution is -2.52. The van der Waals surface area contributed by atoms with Gasteiger partial charge in [-0.1, -0.05) is 6.07 Å². The van der Waals surface area contributed by atoms with Crippen LogP contribution >= 0.6 is 0 Å². The van der Waals surface area contributed by atoms with Gasteiger partial charge in [-0.25, -0.2) is 0 Å². The molecule has 3 saturated heterocycles. The molecule has 0 aliphatic carbocycles. The molecule has 4 heterocycles.